The van der Waals surface area contributed by atoms with Crippen LogP contribution in [0, 0.1) is 0 Å². The van der Waals surface area contributed by atoms with Gasteiger partial charge in [0.2, 0.25) is 0 Å². The smallest absolute Gasteiger partial charge is 0.0478 e. The monoisotopic (exact) mass is 240 g/mol. The molecule has 0 radical (unpaired) electrons. The Kier molecular flexibility index (Phi) is 5.26. The number of likely N-dealkylation sites (tertiary alicyclic amines) is 1. The molecule has 2 aliphatic rings. The van der Waals surface area contributed by atoms with Gasteiger partial charge in [0.05, 0.1) is 0 Å². The number of hydrogen-bond acceptors (Lipinski definition) is 3. The van der Waals surface area contributed by atoms with Gasteiger partial charge in [0, 0.05) is 37.9 Å². The summed E-state index contributed by atoms with van der Waals surface area (Å²) in [5.74, 6) is 0. The van der Waals surface area contributed by atoms with Gasteiger partial charge in [-0.2, -0.15) is 0 Å². The normalized spacial score (nSPS) is 30.0. The zero-order valence-corrected chi connectivity index (χ0v) is 11.5. The van der Waals surface area contributed by atoms with Crippen molar-refractivity contribution in [3.8, 4) is 0 Å². The van der Waals surface area contributed by atoms with E-state index in [1.165, 1.54) is 25.8 Å². The van der Waals surface area contributed by atoms with Crippen molar-refractivity contribution in [2.24, 2.45) is 0 Å². The molecule has 3 heteroatoms. The zero-order valence-electron chi connectivity index (χ0n) is 11.5. The first-order valence-electron chi connectivity index (χ1n) is 7.38. The van der Waals surface area contributed by atoms with Crippen LogP contribution in [-0.2, 0) is 4.74 Å². The molecule has 1 saturated carbocycles. The van der Waals surface area contributed by atoms with Gasteiger partial charge in [-0.25, -0.2) is 0 Å². The van der Waals surface area contributed by atoms with Crippen molar-refractivity contribution in [3.63, 3.8) is 0 Å². The molecule has 1 heterocycles. The Morgan fingerprint density at radius 2 is 2.12 bits per heavy atom. The van der Waals surface area contributed by atoms with Crippen LogP contribution >= 0.6 is 0 Å². The molecule has 2 unspecified atom stereocenters. The SMILES string of the molecule is CCCOCCCNC1CC(C)N(C2CC2)C1. The molecule has 3 nitrogen and oxygen atoms in total. The summed E-state index contributed by atoms with van der Waals surface area (Å²) < 4.78 is 5.49. The Balaban J connectivity index is 1.52. The molecule has 0 aromatic rings. The van der Waals surface area contributed by atoms with Gasteiger partial charge in [-0.1, -0.05) is 6.92 Å². The topological polar surface area (TPSA) is 24.5 Å². The zero-order chi connectivity index (χ0) is 12.1. The van der Waals surface area contributed by atoms with Crippen LogP contribution in [0.25, 0.3) is 0 Å². The van der Waals surface area contributed by atoms with Gasteiger partial charge < -0.3 is 10.1 Å². The van der Waals surface area contributed by atoms with Crippen molar-refractivity contribution in [3.05, 3.63) is 0 Å². The van der Waals surface area contributed by atoms with Crippen molar-refractivity contribution in [1.82, 2.24) is 10.2 Å². The molecule has 1 aliphatic heterocycles. The Morgan fingerprint density at radius 1 is 1.29 bits per heavy atom. The fourth-order valence-electron chi connectivity index (χ4n) is 2.85. The van der Waals surface area contributed by atoms with Crippen LogP contribution in [0.1, 0.15) is 46.0 Å². The van der Waals surface area contributed by atoms with E-state index >= 15 is 0 Å². The van der Waals surface area contributed by atoms with E-state index < -0.39 is 0 Å². The molecule has 1 N–H and O–H groups in total. The van der Waals surface area contributed by atoms with Gasteiger partial charge in [-0.15, -0.1) is 0 Å². The van der Waals surface area contributed by atoms with Crippen molar-refractivity contribution in [2.45, 2.75) is 64.1 Å². The van der Waals surface area contributed by atoms with E-state index in [0.29, 0.717) is 0 Å². The Morgan fingerprint density at radius 3 is 2.82 bits per heavy atom. The maximum absolute atomic E-state index is 5.49. The third kappa shape index (κ3) is 4.23. The maximum atomic E-state index is 5.49. The summed E-state index contributed by atoms with van der Waals surface area (Å²) in [6.45, 7) is 8.74. The molecule has 2 atom stereocenters. The molecular formula is C14H28N2O. The highest BCUT2D eigenvalue weighted by molar-refractivity contribution is 4.95. The molecule has 17 heavy (non-hydrogen) atoms. The second-order valence-electron chi connectivity index (χ2n) is 5.63. The summed E-state index contributed by atoms with van der Waals surface area (Å²) >= 11 is 0. The largest absolute Gasteiger partial charge is 0.381 e. The fraction of sp³-hybridized carbons (Fsp3) is 1.00. The van der Waals surface area contributed by atoms with Crippen LogP contribution in [-0.4, -0.2) is 49.3 Å². The third-order valence-corrected chi connectivity index (χ3v) is 3.89. The van der Waals surface area contributed by atoms with Crippen molar-refractivity contribution < 1.29 is 4.74 Å². The molecule has 1 saturated heterocycles. The fourth-order valence-corrected chi connectivity index (χ4v) is 2.85. The molecule has 0 amide bonds. The average Bonchev–Trinajstić information content (AvgIpc) is 3.08. The van der Waals surface area contributed by atoms with Gasteiger partial charge in [-0.3, -0.25) is 4.90 Å². The van der Waals surface area contributed by atoms with Crippen molar-refractivity contribution in [2.75, 3.05) is 26.3 Å². The summed E-state index contributed by atoms with van der Waals surface area (Å²) in [5.41, 5.74) is 0. The van der Waals surface area contributed by atoms with E-state index in [0.717, 1.165) is 50.7 Å². The van der Waals surface area contributed by atoms with E-state index in [-0.39, 0.29) is 0 Å². The second-order valence-corrected chi connectivity index (χ2v) is 5.63. The molecule has 0 aromatic heterocycles. The minimum absolute atomic E-state index is 0.719. The summed E-state index contributed by atoms with van der Waals surface area (Å²) in [5, 5.41) is 3.68. The van der Waals surface area contributed by atoms with E-state index in [2.05, 4.69) is 24.1 Å². The first-order valence-corrected chi connectivity index (χ1v) is 7.38. The quantitative estimate of drug-likeness (QED) is 0.657. The van der Waals surface area contributed by atoms with E-state index in [1.54, 1.807) is 0 Å². The molecule has 2 fully saturated rings. The lowest BCUT2D eigenvalue weighted by Gasteiger charge is -2.19. The standard InChI is InChI=1S/C14H28N2O/c1-3-8-17-9-4-7-15-13-10-12(2)16(11-13)14-5-6-14/h12-15H,3-11H2,1-2H3. The Bertz CT molecular complexity index is 218. The summed E-state index contributed by atoms with van der Waals surface area (Å²) in [4.78, 5) is 2.70. The molecule has 2 rings (SSSR count). The van der Waals surface area contributed by atoms with Crippen LogP contribution in [0.3, 0.4) is 0 Å². The number of nitrogens with zero attached hydrogens (tertiary/aromatic N) is 1. The molecule has 1 aliphatic carbocycles. The van der Waals surface area contributed by atoms with E-state index in [1.807, 2.05) is 0 Å². The van der Waals surface area contributed by atoms with Crippen LogP contribution in [0.15, 0.2) is 0 Å². The van der Waals surface area contributed by atoms with Crippen LogP contribution in [0.4, 0.5) is 0 Å². The number of hydrogen-bond donors (Lipinski definition) is 1. The molecule has 100 valence electrons. The van der Waals surface area contributed by atoms with E-state index in [9.17, 15) is 0 Å². The minimum atomic E-state index is 0.719. The number of nitrogens with one attached hydrogen (secondary N) is 1. The number of rotatable bonds is 8. The van der Waals surface area contributed by atoms with Gasteiger partial charge in [0.1, 0.15) is 0 Å². The maximum Gasteiger partial charge on any atom is 0.0478 e. The lowest BCUT2D eigenvalue weighted by atomic mass is 10.2. The lowest BCUT2D eigenvalue weighted by Crippen LogP contribution is -2.34. The predicted octanol–water partition coefficient (Wildman–Crippen LogP) is 2.02. The van der Waals surface area contributed by atoms with Gasteiger partial charge >= 0.3 is 0 Å². The highest BCUT2D eigenvalue weighted by atomic mass is 16.5. The van der Waals surface area contributed by atoms with E-state index in [4.69, 9.17) is 4.74 Å². The minimum Gasteiger partial charge on any atom is -0.381 e. The number of ether oxygens (including phenoxy) is 1. The third-order valence-electron chi connectivity index (χ3n) is 3.89. The van der Waals surface area contributed by atoms with Gasteiger partial charge in [-0.05, 0) is 45.6 Å². The summed E-state index contributed by atoms with van der Waals surface area (Å²) in [6, 6.07) is 2.43. The molecule has 0 aromatic carbocycles. The first-order chi connectivity index (χ1) is 8.31. The summed E-state index contributed by atoms with van der Waals surface area (Å²) in [6.07, 6.45) is 6.47. The highest BCUT2D eigenvalue weighted by Crippen LogP contribution is 2.33. The predicted molar refractivity (Wildman–Crippen MR) is 71.3 cm³/mol. The van der Waals surface area contributed by atoms with Crippen LogP contribution < -0.4 is 5.32 Å². The average molecular weight is 240 g/mol. The highest BCUT2D eigenvalue weighted by Gasteiger charge is 2.38. The lowest BCUT2D eigenvalue weighted by molar-refractivity contribution is 0.131. The van der Waals surface area contributed by atoms with Crippen molar-refractivity contribution in [1.29, 1.82) is 0 Å². The van der Waals surface area contributed by atoms with Gasteiger partial charge in [0.15, 0.2) is 0 Å². The molecule has 0 spiro atoms. The molecular weight excluding hydrogens is 212 g/mol. The van der Waals surface area contributed by atoms with Crippen LogP contribution in [0.2, 0.25) is 0 Å². The Labute approximate surface area is 106 Å². The second kappa shape index (κ2) is 6.72. The summed E-state index contributed by atoms with van der Waals surface area (Å²) in [7, 11) is 0. The molecule has 0 bridgehead atoms. The Hall–Kier alpha value is -0.120. The first kappa shape index (κ1) is 13.3. The van der Waals surface area contributed by atoms with Crippen LogP contribution in [0.5, 0.6) is 0 Å². The van der Waals surface area contributed by atoms with Crippen molar-refractivity contribution >= 4 is 0 Å². The van der Waals surface area contributed by atoms with Gasteiger partial charge in [0.25, 0.3) is 0 Å².